The molecule has 0 N–H and O–H groups in total. The van der Waals surface area contributed by atoms with Crippen LogP contribution in [0.25, 0.3) is 5.57 Å². The summed E-state index contributed by atoms with van der Waals surface area (Å²) in [5, 5.41) is 9.51. The highest BCUT2D eigenvalue weighted by Gasteiger charge is 2.38. The molecular formula is C19H21NO6. The molecule has 0 saturated heterocycles. The van der Waals surface area contributed by atoms with Gasteiger partial charge in [-0.15, -0.1) is 0 Å². The normalized spacial score (nSPS) is 11.2. The highest BCUT2D eigenvalue weighted by Crippen LogP contribution is 2.30. The number of ether oxygens (including phenoxy) is 3. The van der Waals surface area contributed by atoms with E-state index in [0.717, 1.165) is 0 Å². The van der Waals surface area contributed by atoms with E-state index in [-0.39, 0.29) is 25.4 Å². The van der Waals surface area contributed by atoms with Crippen LogP contribution in [0.4, 0.5) is 0 Å². The lowest BCUT2D eigenvalue weighted by molar-refractivity contribution is -0.158. The molecule has 0 bridgehead atoms. The number of rotatable bonds is 8. The van der Waals surface area contributed by atoms with Gasteiger partial charge in [-0.05, 0) is 26.3 Å². The lowest BCUT2D eigenvalue weighted by Gasteiger charge is -2.19. The molecular weight excluding hydrogens is 338 g/mol. The fraction of sp³-hybridized carbons (Fsp3) is 0.368. The lowest BCUT2D eigenvalue weighted by Crippen LogP contribution is -2.31. The van der Waals surface area contributed by atoms with Gasteiger partial charge in [-0.1, -0.05) is 30.3 Å². The van der Waals surface area contributed by atoms with Crippen molar-refractivity contribution in [1.29, 1.82) is 5.26 Å². The number of carbonyl (C=O) groups is 3. The second-order valence-electron chi connectivity index (χ2n) is 4.92. The van der Waals surface area contributed by atoms with E-state index >= 15 is 0 Å². The maximum atomic E-state index is 12.5. The third-order valence-corrected chi connectivity index (χ3v) is 3.28. The molecule has 0 atom stereocenters. The first-order chi connectivity index (χ1) is 12.5. The maximum Gasteiger partial charge on any atom is 0.349 e. The van der Waals surface area contributed by atoms with Crippen LogP contribution >= 0.6 is 0 Å². The van der Waals surface area contributed by atoms with Crippen molar-refractivity contribution in [3.8, 4) is 6.07 Å². The Balaban J connectivity index is 3.68. The number of hydrogen-bond donors (Lipinski definition) is 0. The molecule has 26 heavy (non-hydrogen) atoms. The molecule has 1 rings (SSSR count). The van der Waals surface area contributed by atoms with Gasteiger partial charge in [0.1, 0.15) is 11.6 Å². The van der Waals surface area contributed by atoms with Crippen LogP contribution in [0, 0.1) is 17.2 Å². The Morgan fingerprint density at radius 2 is 1.42 bits per heavy atom. The van der Waals surface area contributed by atoms with Crippen LogP contribution in [0.1, 0.15) is 26.3 Å². The largest absolute Gasteiger partial charge is 0.465 e. The standard InChI is InChI=1S/C19H21NO6/c1-4-24-17(21)14(12-20)15(13-10-8-7-9-11-13)16(18(22)25-5-2)19(23)26-6-3/h7-11,16H,4-6H2,1-3H3/b15-14+. The van der Waals surface area contributed by atoms with Gasteiger partial charge in [0.2, 0.25) is 0 Å². The average molecular weight is 359 g/mol. The highest BCUT2D eigenvalue weighted by molar-refractivity contribution is 6.13. The van der Waals surface area contributed by atoms with Gasteiger partial charge in [-0.25, -0.2) is 4.79 Å². The maximum absolute atomic E-state index is 12.5. The summed E-state index contributed by atoms with van der Waals surface area (Å²) in [4.78, 5) is 37.2. The zero-order valence-electron chi connectivity index (χ0n) is 15.0. The van der Waals surface area contributed by atoms with Crippen LogP contribution in [0.2, 0.25) is 0 Å². The van der Waals surface area contributed by atoms with Crippen LogP contribution in [0.3, 0.4) is 0 Å². The second kappa shape index (κ2) is 10.7. The van der Waals surface area contributed by atoms with E-state index in [0.29, 0.717) is 5.56 Å². The zero-order valence-corrected chi connectivity index (χ0v) is 15.0. The summed E-state index contributed by atoms with van der Waals surface area (Å²) in [7, 11) is 0. The molecule has 138 valence electrons. The number of nitriles is 1. The Morgan fingerprint density at radius 3 is 1.85 bits per heavy atom. The van der Waals surface area contributed by atoms with Crippen molar-refractivity contribution in [3.05, 3.63) is 41.5 Å². The molecule has 0 unspecified atom stereocenters. The Labute approximate surface area is 152 Å². The molecule has 0 aliphatic carbocycles. The number of esters is 3. The summed E-state index contributed by atoms with van der Waals surface area (Å²) in [6.45, 7) is 4.85. The molecule has 0 heterocycles. The van der Waals surface area contributed by atoms with Gasteiger partial charge >= 0.3 is 17.9 Å². The summed E-state index contributed by atoms with van der Waals surface area (Å²) in [5.74, 6) is -4.30. The molecule has 1 aromatic rings. The number of nitrogens with zero attached hydrogens (tertiary/aromatic N) is 1. The van der Waals surface area contributed by atoms with Crippen molar-refractivity contribution in [2.75, 3.05) is 19.8 Å². The SMILES string of the molecule is CCOC(=O)/C(C#N)=C(\c1ccccc1)C(C(=O)OCC)C(=O)OCC. The van der Waals surface area contributed by atoms with Crippen LogP contribution < -0.4 is 0 Å². The molecule has 0 radical (unpaired) electrons. The monoisotopic (exact) mass is 359 g/mol. The van der Waals surface area contributed by atoms with Crippen molar-refractivity contribution in [2.45, 2.75) is 20.8 Å². The first-order valence-electron chi connectivity index (χ1n) is 8.21. The number of hydrogen-bond acceptors (Lipinski definition) is 7. The van der Waals surface area contributed by atoms with Gasteiger partial charge in [0.15, 0.2) is 5.92 Å². The smallest absolute Gasteiger partial charge is 0.349 e. The van der Waals surface area contributed by atoms with E-state index in [1.54, 1.807) is 57.2 Å². The van der Waals surface area contributed by atoms with Gasteiger partial charge in [0.05, 0.1) is 19.8 Å². The first kappa shape index (κ1) is 20.9. The first-order valence-corrected chi connectivity index (χ1v) is 8.21. The summed E-state index contributed by atoms with van der Waals surface area (Å²) in [6, 6.07) is 9.95. The topological polar surface area (TPSA) is 103 Å². The van der Waals surface area contributed by atoms with E-state index in [9.17, 15) is 19.6 Å². The Morgan fingerprint density at radius 1 is 0.923 bits per heavy atom. The minimum atomic E-state index is -1.57. The summed E-state index contributed by atoms with van der Waals surface area (Å²) < 4.78 is 14.8. The van der Waals surface area contributed by atoms with Gasteiger partial charge in [0.25, 0.3) is 0 Å². The fourth-order valence-electron chi connectivity index (χ4n) is 2.28. The van der Waals surface area contributed by atoms with Crippen LogP contribution in [0.5, 0.6) is 0 Å². The van der Waals surface area contributed by atoms with Crippen molar-refractivity contribution in [1.82, 2.24) is 0 Å². The van der Waals surface area contributed by atoms with Crippen LogP contribution in [-0.2, 0) is 28.6 Å². The number of benzene rings is 1. The minimum Gasteiger partial charge on any atom is -0.465 e. The van der Waals surface area contributed by atoms with Gasteiger partial charge < -0.3 is 14.2 Å². The van der Waals surface area contributed by atoms with E-state index < -0.39 is 29.4 Å². The molecule has 0 aliphatic rings. The van der Waals surface area contributed by atoms with E-state index in [2.05, 4.69) is 0 Å². The van der Waals surface area contributed by atoms with Crippen molar-refractivity contribution < 1.29 is 28.6 Å². The number of carbonyl (C=O) groups excluding carboxylic acids is 3. The summed E-state index contributed by atoms with van der Waals surface area (Å²) in [6.07, 6.45) is 0. The van der Waals surface area contributed by atoms with Gasteiger partial charge in [-0.2, -0.15) is 5.26 Å². The predicted molar refractivity (Wildman–Crippen MR) is 92.4 cm³/mol. The third kappa shape index (κ3) is 5.18. The summed E-state index contributed by atoms with van der Waals surface area (Å²) in [5.41, 5.74) is -0.184. The molecule has 0 spiro atoms. The van der Waals surface area contributed by atoms with Crippen LogP contribution in [-0.4, -0.2) is 37.7 Å². The average Bonchev–Trinajstić information content (AvgIpc) is 2.63. The van der Waals surface area contributed by atoms with Gasteiger partial charge in [-0.3, -0.25) is 9.59 Å². The summed E-state index contributed by atoms with van der Waals surface area (Å²) >= 11 is 0. The lowest BCUT2D eigenvalue weighted by atomic mass is 9.88. The molecule has 0 fully saturated rings. The fourth-order valence-corrected chi connectivity index (χ4v) is 2.28. The predicted octanol–water partition coefficient (Wildman–Crippen LogP) is 2.27. The highest BCUT2D eigenvalue weighted by atomic mass is 16.6. The molecule has 0 saturated carbocycles. The van der Waals surface area contributed by atoms with Crippen molar-refractivity contribution in [2.24, 2.45) is 5.92 Å². The molecule has 7 nitrogen and oxygen atoms in total. The molecule has 1 aromatic carbocycles. The van der Waals surface area contributed by atoms with E-state index in [4.69, 9.17) is 14.2 Å². The Bertz CT molecular complexity index is 699. The van der Waals surface area contributed by atoms with Crippen molar-refractivity contribution in [3.63, 3.8) is 0 Å². The Hall–Kier alpha value is -3.14. The molecule has 7 heteroatoms. The third-order valence-electron chi connectivity index (χ3n) is 3.28. The van der Waals surface area contributed by atoms with Gasteiger partial charge in [0, 0.05) is 5.57 Å². The molecule has 0 amide bonds. The zero-order chi connectivity index (χ0) is 19.5. The molecule has 0 aromatic heterocycles. The molecule has 0 aliphatic heterocycles. The second-order valence-corrected chi connectivity index (χ2v) is 4.92. The Kier molecular flexibility index (Phi) is 8.58. The van der Waals surface area contributed by atoms with Crippen LogP contribution in [0.15, 0.2) is 35.9 Å². The van der Waals surface area contributed by atoms with E-state index in [1.807, 2.05) is 0 Å². The van der Waals surface area contributed by atoms with E-state index in [1.165, 1.54) is 0 Å². The quantitative estimate of drug-likeness (QED) is 0.231. The van der Waals surface area contributed by atoms with Crippen molar-refractivity contribution >= 4 is 23.5 Å². The minimum absolute atomic E-state index is 0.0259.